The summed E-state index contributed by atoms with van der Waals surface area (Å²) in [5.41, 5.74) is 3.76. The zero-order chi connectivity index (χ0) is 19.4. The molecule has 26 heavy (non-hydrogen) atoms. The molecule has 6 heteroatoms. The van der Waals surface area contributed by atoms with Crippen molar-refractivity contribution < 1.29 is 17.9 Å². The molecular formula is C20H25F3N2O. The van der Waals surface area contributed by atoms with Crippen LogP contribution in [-0.2, 0) is 4.74 Å². The Morgan fingerprint density at radius 1 is 1.12 bits per heavy atom. The molecule has 0 fully saturated rings. The van der Waals surface area contributed by atoms with Crippen LogP contribution in [0.1, 0.15) is 27.2 Å². The molecule has 3 nitrogen and oxygen atoms in total. The number of hydrogen-bond acceptors (Lipinski definition) is 3. The van der Waals surface area contributed by atoms with Crippen molar-refractivity contribution >= 4 is 5.69 Å². The van der Waals surface area contributed by atoms with E-state index in [9.17, 15) is 13.2 Å². The quantitative estimate of drug-likeness (QED) is 0.801. The largest absolute Gasteiger partial charge is 0.421 e. The van der Waals surface area contributed by atoms with E-state index in [1.165, 1.54) is 6.08 Å². The van der Waals surface area contributed by atoms with E-state index < -0.39 is 11.8 Å². The van der Waals surface area contributed by atoms with E-state index in [-0.39, 0.29) is 5.57 Å². The zero-order valence-electron chi connectivity index (χ0n) is 15.5. The van der Waals surface area contributed by atoms with Crippen molar-refractivity contribution in [2.45, 2.75) is 39.0 Å². The third-order valence-electron chi connectivity index (χ3n) is 4.52. The topological polar surface area (TPSA) is 24.5 Å². The Bertz CT molecular complexity index is 708. The number of nitrogens with one attached hydrogen (secondary N) is 1. The molecule has 1 unspecified atom stereocenters. The average Bonchev–Trinajstić information content (AvgIpc) is 2.92. The van der Waals surface area contributed by atoms with Crippen LogP contribution in [0.2, 0.25) is 0 Å². The Labute approximate surface area is 152 Å². The summed E-state index contributed by atoms with van der Waals surface area (Å²) >= 11 is 0. The molecule has 0 radical (unpaired) electrons. The van der Waals surface area contributed by atoms with Crippen molar-refractivity contribution in [2.24, 2.45) is 0 Å². The van der Waals surface area contributed by atoms with Gasteiger partial charge in [-0.2, -0.15) is 13.2 Å². The van der Waals surface area contributed by atoms with Crippen molar-refractivity contribution in [3.8, 4) is 0 Å². The maximum atomic E-state index is 13.5. The summed E-state index contributed by atoms with van der Waals surface area (Å²) in [6.45, 7) is 5.54. The van der Waals surface area contributed by atoms with Crippen LogP contribution in [0.15, 0.2) is 65.4 Å². The van der Waals surface area contributed by atoms with E-state index in [2.05, 4.69) is 5.43 Å². The van der Waals surface area contributed by atoms with Crippen molar-refractivity contribution in [3.63, 3.8) is 0 Å². The number of nitrogens with zero attached hydrogens (tertiary/aromatic N) is 1. The minimum atomic E-state index is -4.49. The molecule has 1 atom stereocenters. The number of alkyl halides is 3. The van der Waals surface area contributed by atoms with Gasteiger partial charge in [-0.1, -0.05) is 44.2 Å². The maximum absolute atomic E-state index is 13.5. The fraction of sp³-hybridized carbons (Fsp3) is 0.400. The van der Waals surface area contributed by atoms with Crippen LogP contribution in [0.25, 0.3) is 0 Å². The first kappa shape index (κ1) is 20.3. The molecule has 142 valence electrons. The van der Waals surface area contributed by atoms with E-state index in [1.807, 2.05) is 49.2 Å². The lowest BCUT2D eigenvalue weighted by Crippen LogP contribution is -2.45. The number of methoxy groups -OCH3 is 1. The molecule has 0 bridgehead atoms. The van der Waals surface area contributed by atoms with Gasteiger partial charge in [0.05, 0.1) is 5.69 Å². The number of para-hydroxylation sites is 1. The molecule has 1 N–H and O–H groups in total. The standard InChI is InChI=1S/C18H19F3N2O.C2H6/c1-17(24-2,18(19,20)21)14-7-6-10-16-13(11-14)12-22-23(16)15-8-4-3-5-9-15;1-2/h3-9,11,22H,10,12H2,1-2H3;1-2H3. The van der Waals surface area contributed by atoms with E-state index in [4.69, 9.17) is 4.74 Å². The smallest absolute Gasteiger partial charge is 0.364 e. The van der Waals surface area contributed by atoms with Crippen LogP contribution in [-0.4, -0.2) is 25.4 Å². The van der Waals surface area contributed by atoms with Crippen molar-refractivity contribution in [1.82, 2.24) is 5.43 Å². The van der Waals surface area contributed by atoms with Crippen LogP contribution in [0.4, 0.5) is 18.9 Å². The van der Waals surface area contributed by atoms with Gasteiger partial charge in [-0.15, -0.1) is 0 Å². The number of allylic oxidation sites excluding steroid dienone is 1. The number of anilines is 1. The fourth-order valence-electron chi connectivity index (χ4n) is 2.91. The SMILES string of the molecule is CC.COC(C)(C1=CC2=C(CC=C1)N(c1ccccc1)NC2)C(F)(F)F. The number of ether oxygens (including phenoxy) is 1. The average molecular weight is 366 g/mol. The highest BCUT2D eigenvalue weighted by Crippen LogP contribution is 2.41. The number of hydrazine groups is 1. The fourth-order valence-corrected chi connectivity index (χ4v) is 2.91. The van der Waals surface area contributed by atoms with Gasteiger partial charge in [0.2, 0.25) is 0 Å². The first-order chi connectivity index (χ1) is 12.4. The molecule has 0 saturated heterocycles. The van der Waals surface area contributed by atoms with Crippen molar-refractivity contribution in [1.29, 1.82) is 0 Å². The van der Waals surface area contributed by atoms with Crippen LogP contribution < -0.4 is 10.4 Å². The lowest BCUT2D eigenvalue weighted by Gasteiger charge is -2.31. The molecule has 3 rings (SSSR count). The lowest BCUT2D eigenvalue weighted by molar-refractivity contribution is -0.245. The lowest BCUT2D eigenvalue weighted by atomic mass is 9.93. The predicted molar refractivity (Wildman–Crippen MR) is 98.6 cm³/mol. The summed E-state index contributed by atoms with van der Waals surface area (Å²) in [5, 5.41) is 1.93. The molecule has 0 aromatic heterocycles. The summed E-state index contributed by atoms with van der Waals surface area (Å²) < 4.78 is 45.3. The van der Waals surface area contributed by atoms with E-state index in [0.29, 0.717) is 13.0 Å². The third kappa shape index (κ3) is 3.71. The van der Waals surface area contributed by atoms with Crippen LogP contribution in [0.3, 0.4) is 0 Å². The van der Waals surface area contributed by atoms with E-state index in [1.54, 1.807) is 12.2 Å². The molecule has 1 aliphatic heterocycles. The van der Waals surface area contributed by atoms with Crippen LogP contribution in [0, 0.1) is 0 Å². The van der Waals surface area contributed by atoms with Gasteiger partial charge in [0, 0.05) is 25.8 Å². The molecule has 1 heterocycles. The molecule has 1 aromatic carbocycles. The normalized spacial score (nSPS) is 19.2. The van der Waals surface area contributed by atoms with Gasteiger partial charge in [0.1, 0.15) is 0 Å². The number of rotatable bonds is 3. The second-order valence-electron chi connectivity index (χ2n) is 5.92. The Balaban J connectivity index is 0.00000117. The first-order valence-corrected chi connectivity index (χ1v) is 8.68. The molecular weight excluding hydrogens is 341 g/mol. The number of halogens is 3. The third-order valence-corrected chi connectivity index (χ3v) is 4.52. The van der Waals surface area contributed by atoms with Gasteiger partial charge < -0.3 is 4.74 Å². The van der Waals surface area contributed by atoms with Gasteiger partial charge in [-0.3, -0.25) is 5.01 Å². The summed E-state index contributed by atoms with van der Waals surface area (Å²) in [4.78, 5) is 0. The van der Waals surface area contributed by atoms with Gasteiger partial charge in [0.25, 0.3) is 0 Å². The van der Waals surface area contributed by atoms with Gasteiger partial charge in [-0.25, -0.2) is 5.43 Å². The Kier molecular flexibility index (Phi) is 6.31. The van der Waals surface area contributed by atoms with Crippen molar-refractivity contribution in [3.05, 3.63) is 65.4 Å². The number of benzene rings is 1. The first-order valence-electron chi connectivity index (χ1n) is 8.68. The summed E-state index contributed by atoms with van der Waals surface area (Å²) in [7, 11) is 1.09. The van der Waals surface area contributed by atoms with Crippen LogP contribution >= 0.6 is 0 Å². The molecule has 1 aliphatic carbocycles. The predicted octanol–water partition coefficient (Wildman–Crippen LogP) is 5.15. The zero-order valence-corrected chi connectivity index (χ0v) is 15.5. The van der Waals surface area contributed by atoms with Crippen molar-refractivity contribution in [2.75, 3.05) is 18.7 Å². The van der Waals surface area contributed by atoms with E-state index in [0.717, 1.165) is 31.0 Å². The Hall–Kier alpha value is -2.05. The minimum Gasteiger partial charge on any atom is -0.364 e. The highest BCUT2D eigenvalue weighted by molar-refractivity contribution is 5.58. The molecule has 0 amide bonds. The highest BCUT2D eigenvalue weighted by Gasteiger charge is 2.53. The Morgan fingerprint density at radius 2 is 1.77 bits per heavy atom. The molecule has 0 saturated carbocycles. The molecule has 1 aromatic rings. The van der Waals surface area contributed by atoms with Gasteiger partial charge in [0.15, 0.2) is 5.60 Å². The van der Waals surface area contributed by atoms with Gasteiger partial charge >= 0.3 is 6.18 Å². The van der Waals surface area contributed by atoms with E-state index >= 15 is 0 Å². The second-order valence-corrected chi connectivity index (χ2v) is 5.92. The summed E-state index contributed by atoms with van der Waals surface area (Å²) in [6.07, 6.45) is 0.910. The molecule has 0 spiro atoms. The Morgan fingerprint density at radius 3 is 2.35 bits per heavy atom. The summed E-state index contributed by atoms with van der Waals surface area (Å²) in [5.74, 6) is 0. The molecule has 2 aliphatic rings. The number of hydrogen-bond donors (Lipinski definition) is 1. The second kappa shape index (κ2) is 8.10. The van der Waals surface area contributed by atoms with Gasteiger partial charge in [-0.05, 0) is 36.3 Å². The summed E-state index contributed by atoms with van der Waals surface area (Å²) in [6, 6.07) is 9.69. The minimum absolute atomic E-state index is 0.110. The highest BCUT2D eigenvalue weighted by atomic mass is 19.4. The van der Waals surface area contributed by atoms with Crippen LogP contribution in [0.5, 0.6) is 0 Å². The maximum Gasteiger partial charge on any atom is 0.421 e. The monoisotopic (exact) mass is 366 g/mol.